The third-order valence-corrected chi connectivity index (χ3v) is 3.80. The second-order valence-electron chi connectivity index (χ2n) is 5.28. The van der Waals surface area contributed by atoms with E-state index in [0.29, 0.717) is 6.42 Å². The van der Waals surface area contributed by atoms with Crippen LogP contribution in [-0.4, -0.2) is 31.2 Å². The van der Waals surface area contributed by atoms with Gasteiger partial charge in [0.15, 0.2) is 17.3 Å². The first-order valence-electron chi connectivity index (χ1n) is 7.87. The van der Waals surface area contributed by atoms with E-state index in [1.54, 1.807) is 6.07 Å². The number of benzene rings is 1. The molecule has 0 bridgehead atoms. The number of ether oxygens (including phenoxy) is 2. The van der Waals surface area contributed by atoms with Crippen molar-refractivity contribution >= 4 is 17.6 Å². The fourth-order valence-electron chi connectivity index (χ4n) is 2.54. The zero-order valence-corrected chi connectivity index (χ0v) is 14.6. The van der Waals surface area contributed by atoms with Crippen LogP contribution in [0.5, 0.6) is 11.5 Å². The lowest BCUT2D eigenvalue weighted by molar-refractivity contribution is 0.0696. The Bertz CT molecular complexity index is 772. The van der Waals surface area contributed by atoms with Gasteiger partial charge in [-0.1, -0.05) is 13.8 Å². The molecule has 0 saturated carbocycles. The molecule has 25 heavy (non-hydrogen) atoms. The Labute approximate surface area is 145 Å². The van der Waals surface area contributed by atoms with E-state index in [-0.39, 0.29) is 28.5 Å². The molecule has 1 heterocycles. The first kappa shape index (κ1) is 18.4. The Balaban J connectivity index is 2.41. The first-order chi connectivity index (χ1) is 11.9. The molecule has 1 amide bonds. The average Bonchev–Trinajstić information content (AvgIpc) is 3.04. The van der Waals surface area contributed by atoms with Gasteiger partial charge < -0.3 is 24.3 Å². The average molecular weight is 347 g/mol. The van der Waals surface area contributed by atoms with Gasteiger partial charge in [-0.25, -0.2) is 4.79 Å². The van der Waals surface area contributed by atoms with Gasteiger partial charge in [0.1, 0.15) is 5.76 Å². The Morgan fingerprint density at radius 3 is 2.32 bits per heavy atom. The van der Waals surface area contributed by atoms with E-state index in [0.717, 1.165) is 17.7 Å². The van der Waals surface area contributed by atoms with Gasteiger partial charge in [0, 0.05) is 6.42 Å². The lowest BCUT2D eigenvalue weighted by atomic mass is 10.1. The number of aromatic carboxylic acids is 1. The highest BCUT2D eigenvalue weighted by atomic mass is 16.5. The van der Waals surface area contributed by atoms with Crippen molar-refractivity contribution in [3.63, 3.8) is 0 Å². The van der Waals surface area contributed by atoms with E-state index >= 15 is 0 Å². The molecule has 134 valence electrons. The minimum atomic E-state index is -1.14. The standard InChI is InChI=1S/C18H21NO6/c1-5-10-8-15(25-13(10)6-2)17(20)19-12-7-11(18(21)22)9-14(23-3)16(12)24-4/h7-9H,5-6H2,1-4H3,(H,19,20)(H,21,22). The molecule has 0 aliphatic carbocycles. The summed E-state index contributed by atoms with van der Waals surface area (Å²) < 4.78 is 16.0. The minimum Gasteiger partial charge on any atom is -0.493 e. The van der Waals surface area contributed by atoms with Crippen molar-refractivity contribution in [1.82, 2.24) is 0 Å². The number of nitrogens with one attached hydrogen (secondary N) is 1. The summed E-state index contributed by atoms with van der Waals surface area (Å²) in [6.45, 7) is 3.93. The molecule has 1 aromatic carbocycles. The predicted molar refractivity (Wildman–Crippen MR) is 91.9 cm³/mol. The molecule has 2 N–H and O–H groups in total. The zero-order chi connectivity index (χ0) is 18.6. The number of methoxy groups -OCH3 is 2. The van der Waals surface area contributed by atoms with Crippen LogP contribution < -0.4 is 14.8 Å². The number of aryl methyl sites for hydroxylation is 2. The Kier molecular flexibility index (Phi) is 5.69. The summed E-state index contributed by atoms with van der Waals surface area (Å²) in [6, 6.07) is 4.33. The quantitative estimate of drug-likeness (QED) is 0.797. The summed E-state index contributed by atoms with van der Waals surface area (Å²) in [6.07, 6.45) is 1.44. The largest absolute Gasteiger partial charge is 0.493 e. The van der Waals surface area contributed by atoms with Crippen molar-refractivity contribution in [2.45, 2.75) is 26.7 Å². The monoisotopic (exact) mass is 347 g/mol. The second-order valence-corrected chi connectivity index (χ2v) is 5.28. The second kappa shape index (κ2) is 7.74. The van der Waals surface area contributed by atoms with Crippen LogP contribution in [0.2, 0.25) is 0 Å². The fourth-order valence-corrected chi connectivity index (χ4v) is 2.54. The summed E-state index contributed by atoms with van der Waals surface area (Å²) in [4.78, 5) is 23.8. The number of carbonyl (C=O) groups is 2. The predicted octanol–water partition coefficient (Wildman–Crippen LogP) is 3.37. The van der Waals surface area contributed by atoms with Crippen LogP contribution in [0.3, 0.4) is 0 Å². The topological polar surface area (TPSA) is 98.0 Å². The van der Waals surface area contributed by atoms with Gasteiger partial charge in [0.25, 0.3) is 5.91 Å². The fraction of sp³-hybridized carbons (Fsp3) is 0.333. The van der Waals surface area contributed by atoms with Crippen LogP contribution in [0.15, 0.2) is 22.6 Å². The maximum atomic E-state index is 12.5. The van der Waals surface area contributed by atoms with Gasteiger partial charge in [0.2, 0.25) is 0 Å². The molecule has 0 unspecified atom stereocenters. The van der Waals surface area contributed by atoms with E-state index in [4.69, 9.17) is 13.9 Å². The lowest BCUT2D eigenvalue weighted by Crippen LogP contribution is -2.13. The Morgan fingerprint density at radius 2 is 1.84 bits per heavy atom. The number of hydrogen-bond acceptors (Lipinski definition) is 5. The zero-order valence-electron chi connectivity index (χ0n) is 14.6. The van der Waals surface area contributed by atoms with Crippen molar-refractivity contribution in [3.8, 4) is 11.5 Å². The maximum Gasteiger partial charge on any atom is 0.335 e. The molecule has 0 radical (unpaired) electrons. The van der Waals surface area contributed by atoms with Gasteiger partial charge in [-0.15, -0.1) is 0 Å². The van der Waals surface area contributed by atoms with Crippen LogP contribution in [0.4, 0.5) is 5.69 Å². The van der Waals surface area contributed by atoms with Crippen LogP contribution in [0.25, 0.3) is 0 Å². The number of hydrogen-bond donors (Lipinski definition) is 2. The number of furan rings is 1. The highest BCUT2D eigenvalue weighted by Crippen LogP contribution is 2.37. The van der Waals surface area contributed by atoms with Crippen LogP contribution >= 0.6 is 0 Å². The van der Waals surface area contributed by atoms with Crippen molar-refractivity contribution in [2.24, 2.45) is 0 Å². The smallest absolute Gasteiger partial charge is 0.335 e. The third kappa shape index (κ3) is 3.76. The number of anilines is 1. The van der Waals surface area contributed by atoms with E-state index in [9.17, 15) is 14.7 Å². The van der Waals surface area contributed by atoms with Crippen molar-refractivity contribution in [2.75, 3.05) is 19.5 Å². The molecule has 0 spiro atoms. The SMILES string of the molecule is CCc1cc(C(=O)Nc2cc(C(=O)O)cc(OC)c2OC)oc1CC. The molecule has 0 atom stereocenters. The molecule has 2 rings (SSSR count). The van der Waals surface area contributed by atoms with Crippen LogP contribution in [-0.2, 0) is 12.8 Å². The van der Waals surface area contributed by atoms with Gasteiger partial charge in [-0.3, -0.25) is 4.79 Å². The molecule has 0 fully saturated rings. The maximum absolute atomic E-state index is 12.5. The third-order valence-electron chi connectivity index (χ3n) is 3.80. The minimum absolute atomic E-state index is 0.0316. The summed E-state index contributed by atoms with van der Waals surface area (Å²) in [5, 5.41) is 11.9. The van der Waals surface area contributed by atoms with Crippen molar-refractivity contribution in [3.05, 3.63) is 40.8 Å². The van der Waals surface area contributed by atoms with Gasteiger partial charge in [-0.05, 0) is 30.2 Å². The highest BCUT2D eigenvalue weighted by molar-refractivity contribution is 6.04. The first-order valence-corrected chi connectivity index (χ1v) is 7.87. The van der Waals surface area contributed by atoms with Crippen molar-refractivity contribution < 1.29 is 28.6 Å². The highest BCUT2D eigenvalue weighted by Gasteiger charge is 2.20. The number of carboxylic acids is 1. The number of carboxylic acid groups (broad SMARTS) is 1. The van der Waals surface area contributed by atoms with Gasteiger partial charge >= 0.3 is 5.97 Å². The molecule has 2 aromatic rings. The summed E-state index contributed by atoms with van der Waals surface area (Å²) in [5.74, 6) is -0.264. The molecule has 0 aliphatic rings. The van der Waals surface area contributed by atoms with Crippen molar-refractivity contribution in [1.29, 1.82) is 0 Å². The molecule has 0 saturated heterocycles. The molecule has 1 aromatic heterocycles. The Hall–Kier alpha value is -2.96. The van der Waals surface area contributed by atoms with E-state index < -0.39 is 11.9 Å². The van der Waals surface area contributed by atoms with Gasteiger partial charge in [0.05, 0.1) is 25.5 Å². The van der Waals surface area contributed by atoms with E-state index in [1.807, 2.05) is 13.8 Å². The summed E-state index contributed by atoms with van der Waals surface area (Å²) in [5.41, 5.74) is 1.13. The molecule has 7 nitrogen and oxygen atoms in total. The summed E-state index contributed by atoms with van der Waals surface area (Å²) in [7, 11) is 2.80. The number of rotatable bonds is 7. The lowest BCUT2D eigenvalue weighted by Gasteiger charge is -2.14. The molecular formula is C18H21NO6. The van der Waals surface area contributed by atoms with Crippen LogP contribution in [0.1, 0.15) is 46.1 Å². The van der Waals surface area contributed by atoms with Gasteiger partial charge in [-0.2, -0.15) is 0 Å². The number of carbonyl (C=O) groups excluding carboxylic acids is 1. The molecule has 7 heteroatoms. The van der Waals surface area contributed by atoms with E-state index in [1.165, 1.54) is 26.4 Å². The number of amides is 1. The van der Waals surface area contributed by atoms with Crippen LogP contribution in [0, 0.1) is 0 Å². The van der Waals surface area contributed by atoms with E-state index in [2.05, 4.69) is 5.32 Å². The Morgan fingerprint density at radius 1 is 1.12 bits per heavy atom. The molecule has 0 aliphatic heterocycles. The molecular weight excluding hydrogens is 326 g/mol. The summed E-state index contributed by atoms with van der Waals surface area (Å²) >= 11 is 0. The normalized spacial score (nSPS) is 10.4.